The van der Waals surface area contributed by atoms with E-state index in [9.17, 15) is 18.3 Å². The van der Waals surface area contributed by atoms with Gasteiger partial charge in [-0.25, -0.2) is 0 Å². The van der Waals surface area contributed by atoms with Crippen molar-refractivity contribution in [2.75, 3.05) is 0 Å². The minimum absolute atomic E-state index is 0.375. The fraction of sp³-hybridized carbons (Fsp3) is 0.455. The van der Waals surface area contributed by atoms with Crippen LogP contribution in [0.1, 0.15) is 31.1 Å². The van der Waals surface area contributed by atoms with E-state index in [1.165, 1.54) is 12.1 Å². The number of nitrogens with two attached hydrogens (primary N) is 1. The summed E-state index contributed by atoms with van der Waals surface area (Å²) < 4.78 is 36.8. The molecule has 0 saturated heterocycles. The molecule has 1 aromatic carbocycles. The Morgan fingerprint density at radius 3 is 1.88 bits per heavy atom. The van der Waals surface area contributed by atoms with Crippen molar-refractivity contribution in [2.45, 2.75) is 31.7 Å². The van der Waals surface area contributed by atoms with Crippen LogP contribution in [0.25, 0.3) is 0 Å². The van der Waals surface area contributed by atoms with E-state index in [2.05, 4.69) is 0 Å². The second-order valence-corrected chi connectivity index (χ2v) is 4.34. The van der Waals surface area contributed by atoms with Gasteiger partial charge in [-0.2, -0.15) is 13.2 Å². The van der Waals surface area contributed by atoms with Crippen LogP contribution in [0.4, 0.5) is 13.2 Å². The number of aliphatic hydroxyl groups excluding tert-OH is 1. The third-order valence-electron chi connectivity index (χ3n) is 2.26. The number of alkyl halides is 3. The van der Waals surface area contributed by atoms with Gasteiger partial charge < -0.3 is 10.8 Å². The molecule has 2 nitrogen and oxygen atoms in total. The van der Waals surface area contributed by atoms with E-state index in [-0.39, 0.29) is 0 Å². The first-order chi connectivity index (χ1) is 7.12. The first kappa shape index (κ1) is 13.0. The van der Waals surface area contributed by atoms with Crippen LogP contribution in [0.2, 0.25) is 0 Å². The van der Waals surface area contributed by atoms with E-state index in [0.717, 1.165) is 12.1 Å². The minimum Gasteiger partial charge on any atom is -0.387 e. The van der Waals surface area contributed by atoms with Gasteiger partial charge in [-0.05, 0) is 31.5 Å². The second-order valence-electron chi connectivity index (χ2n) is 4.34. The number of hydrogen-bond donors (Lipinski definition) is 2. The number of aliphatic hydroxyl groups is 1. The Balaban J connectivity index is 2.96. The summed E-state index contributed by atoms with van der Waals surface area (Å²) in [6.07, 6.45) is -5.35. The van der Waals surface area contributed by atoms with Gasteiger partial charge in [0, 0.05) is 5.54 Å². The molecule has 90 valence electrons. The Morgan fingerprint density at radius 2 is 1.56 bits per heavy atom. The van der Waals surface area contributed by atoms with Crippen molar-refractivity contribution in [1.82, 2.24) is 0 Å². The summed E-state index contributed by atoms with van der Waals surface area (Å²) in [6.45, 7) is 3.21. The summed E-state index contributed by atoms with van der Waals surface area (Å²) in [5, 5.41) is 9.74. The molecule has 0 spiro atoms. The maximum atomic E-state index is 12.3. The van der Waals surface area contributed by atoms with Crippen molar-refractivity contribution in [2.24, 2.45) is 5.73 Å². The SMILES string of the molecule is CC(C)(N)C(O)c1ccc(C(F)(F)F)cc1. The normalized spacial score (nSPS) is 14.9. The average molecular weight is 233 g/mol. The number of halogens is 3. The van der Waals surface area contributed by atoms with Crippen LogP contribution >= 0.6 is 0 Å². The Kier molecular flexibility index (Phi) is 3.30. The van der Waals surface area contributed by atoms with Gasteiger partial charge in [-0.1, -0.05) is 12.1 Å². The maximum absolute atomic E-state index is 12.3. The summed E-state index contributed by atoms with van der Waals surface area (Å²) in [4.78, 5) is 0. The van der Waals surface area contributed by atoms with Gasteiger partial charge in [-0.15, -0.1) is 0 Å². The molecule has 16 heavy (non-hydrogen) atoms. The molecule has 0 heterocycles. The van der Waals surface area contributed by atoms with Crippen LogP contribution in [0, 0.1) is 0 Å². The smallest absolute Gasteiger partial charge is 0.387 e. The molecule has 0 aliphatic heterocycles. The van der Waals surface area contributed by atoms with Gasteiger partial charge in [0.05, 0.1) is 11.7 Å². The zero-order valence-electron chi connectivity index (χ0n) is 9.05. The summed E-state index contributed by atoms with van der Waals surface area (Å²) in [7, 11) is 0. The van der Waals surface area contributed by atoms with Crippen molar-refractivity contribution in [3.05, 3.63) is 35.4 Å². The Hall–Kier alpha value is -1.07. The predicted molar refractivity (Wildman–Crippen MR) is 54.7 cm³/mol. The third kappa shape index (κ3) is 2.96. The zero-order chi connectivity index (χ0) is 12.6. The standard InChI is InChI=1S/C11H14F3NO/c1-10(2,15)9(16)7-3-5-8(6-4-7)11(12,13)14/h3-6,9,16H,15H2,1-2H3. The van der Waals surface area contributed by atoms with Gasteiger partial charge in [-0.3, -0.25) is 0 Å². The Morgan fingerprint density at radius 1 is 1.12 bits per heavy atom. The quantitative estimate of drug-likeness (QED) is 0.824. The molecule has 1 atom stereocenters. The largest absolute Gasteiger partial charge is 0.416 e. The number of hydrogen-bond acceptors (Lipinski definition) is 2. The van der Waals surface area contributed by atoms with Gasteiger partial charge in [0.15, 0.2) is 0 Å². The molecule has 0 aliphatic rings. The molecule has 0 saturated carbocycles. The van der Waals surface area contributed by atoms with Crippen molar-refractivity contribution in [3.63, 3.8) is 0 Å². The molecule has 5 heteroatoms. The van der Waals surface area contributed by atoms with Crippen LogP contribution in [0.3, 0.4) is 0 Å². The van der Waals surface area contributed by atoms with Crippen LogP contribution in [-0.4, -0.2) is 10.6 Å². The Bertz CT molecular complexity index is 351. The molecule has 1 rings (SSSR count). The molecule has 1 unspecified atom stereocenters. The molecule has 0 amide bonds. The molecule has 0 aromatic heterocycles. The van der Waals surface area contributed by atoms with E-state index < -0.39 is 23.4 Å². The van der Waals surface area contributed by atoms with Crippen LogP contribution in [0.5, 0.6) is 0 Å². The van der Waals surface area contributed by atoms with Crippen molar-refractivity contribution in [3.8, 4) is 0 Å². The zero-order valence-corrected chi connectivity index (χ0v) is 9.05. The lowest BCUT2D eigenvalue weighted by molar-refractivity contribution is -0.137. The van der Waals surface area contributed by atoms with Gasteiger partial charge in [0.1, 0.15) is 0 Å². The highest BCUT2D eigenvalue weighted by Crippen LogP contribution is 2.31. The lowest BCUT2D eigenvalue weighted by Gasteiger charge is -2.26. The molecule has 0 fully saturated rings. The molecular weight excluding hydrogens is 219 g/mol. The first-order valence-corrected chi connectivity index (χ1v) is 4.76. The second kappa shape index (κ2) is 4.07. The monoisotopic (exact) mass is 233 g/mol. The van der Waals surface area contributed by atoms with Gasteiger partial charge >= 0.3 is 6.18 Å². The first-order valence-electron chi connectivity index (χ1n) is 4.76. The van der Waals surface area contributed by atoms with Gasteiger partial charge in [0.25, 0.3) is 0 Å². The third-order valence-corrected chi connectivity index (χ3v) is 2.26. The molecule has 1 aromatic rings. The summed E-state index contributed by atoms with van der Waals surface area (Å²) in [5.74, 6) is 0. The minimum atomic E-state index is -4.36. The lowest BCUT2D eigenvalue weighted by atomic mass is 9.92. The van der Waals surface area contributed by atoms with E-state index in [1.54, 1.807) is 13.8 Å². The average Bonchev–Trinajstić information content (AvgIpc) is 2.14. The number of rotatable bonds is 2. The molecule has 3 N–H and O–H groups in total. The fourth-order valence-electron chi connectivity index (χ4n) is 1.28. The van der Waals surface area contributed by atoms with Crippen molar-refractivity contribution < 1.29 is 18.3 Å². The topological polar surface area (TPSA) is 46.2 Å². The van der Waals surface area contributed by atoms with E-state index >= 15 is 0 Å². The summed E-state index contributed by atoms with van der Waals surface area (Å²) >= 11 is 0. The molecule has 0 radical (unpaired) electrons. The van der Waals surface area contributed by atoms with Crippen molar-refractivity contribution >= 4 is 0 Å². The summed E-state index contributed by atoms with van der Waals surface area (Å²) in [5.41, 5.74) is 4.41. The highest BCUT2D eigenvalue weighted by molar-refractivity contribution is 5.27. The lowest BCUT2D eigenvalue weighted by Crippen LogP contribution is -2.39. The van der Waals surface area contributed by atoms with E-state index in [1.807, 2.05) is 0 Å². The van der Waals surface area contributed by atoms with Crippen molar-refractivity contribution in [1.29, 1.82) is 0 Å². The fourth-order valence-corrected chi connectivity index (χ4v) is 1.28. The molecular formula is C11H14F3NO. The molecule has 0 bridgehead atoms. The Labute approximate surface area is 91.9 Å². The molecule has 0 aliphatic carbocycles. The van der Waals surface area contributed by atoms with E-state index in [0.29, 0.717) is 5.56 Å². The van der Waals surface area contributed by atoms with Crippen LogP contribution in [0.15, 0.2) is 24.3 Å². The maximum Gasteiger partial charge on any atom is 0.416 e. The van der Waals surface area contributed by atoms with Crippen LogP contribution < -0.4 is 5.73 Å². The highest BCUT2D eigenvalue weighted by atomic mass is 19.4. The summed E-state index contributed by atoms with van der Waals surface area (Å²) in [6, 6.07) is 4.35. The van der Waals surface area contributed by atoms with Crippen LogP contribution in [-0.2, 0) is 6.18 Å². The highest BCUT2D eigenvalue weighted by Gasteiger charge is 2.31. The van der Waals surface area contributed by atoms with Gasteiger partial charge in [0.2, 0.25) is 0 Å². The number of benzene rings is 1. The van der Waals surface area contributed by atoms with E-state index in [4.69, 9.17) is 5.73 Å². The predicted octanol–water partition coefficient (Wildman–Crippen LogP) is 2.48.